The number of pyridine rings is 1. The van der Waals surface area contributed by atoms with Crippen LogP contribution in [0.1, 0.15) is 49.9 Å². The summed E-state index contributed by atoms with van der Waals surface area (Å²) in [6, 6.07) is 23.4. The first kappa shape index (κ1) is 28.2. The van der Waals surface area contributed by atoms with Crippen LogP contribution in [0.25, 0.3) is 5.69 Å². The largest absolute Gasteiger partial charge is 0.497 e. The van der Waals surface area contributed by atoms with E-state index in [0.29, 0.717) is 16.5 Å². The molecule has 2 aromatic carbocycles. The van der Waals surface area contributed by atoms with E-state index in [2.05, 4.69) is 44.1 Å². The molecule has 1 saturated heterocycles. The van der Waals surface area contributed by atoms with Crippen LogP contribution in [-0.2, 0) is 4.79 Å². The van der Waals surface area contributed by atoms with Gasteiger partial charge in [-0.25, -0.2) is 0 Å². The molecule has 5 rings (SSSR count). The zero-order chi connectivity index (χ0) is 29.3. The number of methoxy groups -OCH3 is 2. The van der Waals surface area contributed by atoms with Crippen LogP contribution in [-0.4, -0.2) is 34.8 Å². The van der Waals surface area contributed by atoms with Gasteiger partial charge in [-0.1, -0.05) is 26.8 Å². The van der Waals surface area contributed by atoms with E-state index in [1.54, 1.807) is 20.4 Å². The molecule has 0 radical (unpaired) electrons. The maximum atomic E-state index is 12.7. The molecule has 3 heterocycles. The third-order valence-electron chi connectivity index (χ3n) is 7.23. The van der Waals surface area contributed by atoms with Gasteiger partial charge in [0.2, 0.25) is 5.91 Å². The summed E-state index contributed by atoms with van der Waals surface area (Å²) < 4.78 is 13.4. The van der Waals surface area contributed by atoms with Crippen molar-refractivity contribution < 1.29 is 14.3 Å². The molecule has 2 N–H and O–H groups in total. The van der Waals surface area contributed by atoms with Gasteiger partial charge in [0.05, 0.1) is 31.6 Å². The second-order valence-electron chi connectivity index (χ2n) is 11.0. The number of aryl methyl sites for hydroxylation is 1. The lowest BCUT2D eigenvalue weighted by atomic mass is 9.95. The summed E-state index contributed by atoms with van der Waals surface area (Å²) in [5.74, 6) is 1.25. The number of hydrogen-bond acceptors (Lipinski definition) is 5. The third-order valence-corrected chi connectivity index (χ3v) is 7.55. The molecule has 1 aliphatic heterocycles. The number of nitrogens with one attached hydrogen (secondary N) is 2. The van der Waals surface area contributed by atoms with Crippen LogP contribution in [0.4, 0.5) is 11.4 Å². The van der Waals surface area contributed by atoms with Gasteiger partial charge in [0.25, 0.3) is 0 Å². The highest BCUT2D eigenvalue weighted by Gasteiger charge is 2.42. The lowest BCUT2D eigenvalue weighted by Gasteiger charge is -2.30. The fourth-order valence-electron chi connectivity index (χ4n) is 5.05. The van der Waals surface area contributed by atoms with Crippen molar-refractivity contribution in [2.45, 2.75) is 39.8 Å². The molecule has 0 spiro atoms. The fraction of sp³-hybridized carbons (Fsp3) is 0.281. The van der Waals surface area contributed by atoms with Gasteiger partial charge in [0, 0.05) is 40.4 Å². The highest BCUT2D eigenvalue weighted by Crippen LogP contribution is 2.44. The number of benzene rings is 2. The topological polar surface area (TPSA) is 80.7 Å². The quantitative estimate of drug-likeness (QED) is 0.251. The average Bonchev–Trinajstić information content (AvgIpc) is 3.52. The number of hydrogen-bond donors (Lipinski definition) is 2. The number of thiocarbonyl (C=S) groups is 1. The number of amides is 1. The molecule has 2 atom stereocenters. The van der Waals surface area contributed by atoms with Crippen molar-refractivity contribution in [3.05, 3.63) is 96.1 Å². The summed E-state index contributed by atoms with van der Waals surface area (Å²) >= 11 is 5.96. The first-order chi connectivity index (χ1) is 19.6. The molecule has 0 aliphatic carbocycles. The fourth-order valence-corrected chi connectivity index (χ4v) is 5.40. The van der Waals surface area contributed by atoms with Crippen LogP contribution >= 0.6 is 12.2 Å². The van der Waals surface area contributed by atoms with Crippen LogP contribution in [0.3, 0.4) is 0 Å². The Morgan fingerprint density at radius 2 is 1.71 bits per heavy atom. The molecule has 0 bridgehead atoms. The Morgan fingerprint density at radius 3 is 2.34 bits per heavy atom. The smallest absolute Gasteiger partial charge is 0.229 e. The van der Waals surface area contributed by atoms with Gasteiger partial charge < -0.3 is 29.6 Å². The first-order valence-corrected chi connectivity index (χ1v) is 13.9. The van der Waals surface area contributed by atoms with E-state index >= 15 is 0 Å². The molecule has 1 aliphatic rings. The minimum absolute atomic E-state index is 0.0946. The molecular formula is C32H35N5O3S. The molecule has 4 aromatic rings. The minimum Gasteiger partial charge on any atom is -0.497 e. The second-order valence-corrected chi connectivity index (χ2v) is 11.4. The second kappa shape index (κ2) is 11.2. The van der Waals surface area contributed by atoms with Gasteiger partial charge >= 0.3 is 0 Å². The van der Waals surface area contributed by atoms with Gasteiger partial charge in [-0.05, 0) is 79.8 Å². The Morgan fingerprint density at radius 1 is 0.976 bits per heavy atom. The predicted octanol–water partition coefficient (Wildman–Crippen LogP) is 6.36. The first-order valence-electron chi connectivity index (χ1n) is 13.4. The van der Waals surface area contributed by atoms with Crippen molar-refractivity contribution in [3.63, 3.8) is 0 Å². The predicted molar refractivity (Wildman–Crippen MR) is 166 cm³/mol. The summed E-state index contributed by atoms with van der Waals surface area (Å²) in [7, 11) is 3.26. The average molecular weight is 570 g/mol. The van der Waals surface area contributed by atoms with Crippen molar-refractivity contribution in [2.24, 2.45) is 5.41 Å². The molecule has 212 valence electrons. The molecule has 1 fully saturated rings. The highest BCUT2D eigenvalue weighted by molar-refractivity contribution is 7.80. The van der Waals surface area contributed by atoms with E-state index in [4.69, 9.17) is 21.7 Å². The SMILES string of the molecule is COc1ccc(-n2c(C)ccc2[C@@H]2[C@@H](c3ccccn3)NC(=S)N2c2ccc(NC(=O)C(C)(C)C)c(OC)c2)cc1. The number of carbonyl (C=O) groups excluding carboxylic acids is 1. The van der Waals surface area contributed by atoms with E-state index in [1.165, 1.54) is 0 Å². The minimum atomic E-state index is -0.546. The van der Waals surface area contributed by atoms with Gasteiger partial charge in [-0.2, -0.15) is 0 Å². The molecule has 0 saturated carbocycles. The maximum absolute atomic E-state index is 12.7. The number of aromatic nitrogens is 2. The van der Waals surface area contributed by atoms with E-state index in [0.717, 1.165) is 34.2 Å². The lowest BCUT2D eigenvalue weighted by Crippen LogP contribution is -2.30. The van der Waals surface area contributed by atoms with Gasteiger partial charge in [0.15, 0.2) is 5.11 Å². The van der Waals surface area contributed by atoms with Crippen LogP contribution in [0.15, 0.2) is 79.0 Å². The third kappa shape index (κ3) is 5.50. The van der Waals surface area contributed by atoms with Crippen molar-refractivity contribution in [1.29, 1.82) is 0 Å². The van der Waals surface area contributed by atoms with E-state index in [1.807, 2.05) is 81.4 Å². The molecule has 0 unspecified atom stereocenters. The number of rotatable bonds is 7. The van der Waals surface area contributed by atoms with Crippen LogP contribution in [0.2, 0.25) is 0 Å². The number of ether oxygens (including phenoxy) is 2. The van der Waals surface area contributed by atoms with Crippen molar-refractivity contribution in [2.75, 3.05) is 24.4 Å². The number of anilines is 2. The van der Waals surface area contributed by atoms with Gasteiger partial charge in [0.1, 0.15) is 17.5 Å². The Hall–Kier alpha value is -4.37. The van der Waals surface area contributed by atoms with Crippen molar-refractivity contribution in [1.82, 2.24) is 14.9 Å². The summed E-state index contributed by atoms with van der Waals surface area (Å²) in [4.78, 5) is 19.5. The lowest BCUT2D eigenvalue weighted by molar-refractivity contribution is -0.123. The Bertz CT molecular complexity index is 1560. The van der Waals surface area contributed by atoms with E-state index < -0.39 is 5.41 Å². The standard InChI is InChI=1S/C32H35N5O3S/c1-20-10-17-26(36(20)21-11-14-23(39-5)15-12-21)29-28(25-9-7-8-18-33-25)35-31(41)37(29)22-13-16-24(27(19-22)40-6)34-30(38)32(2,3)4/h7-19,28-29H,1-6H3,(H,34,38)(H,35,41)/t28-,29-/m1/s1. The number of carbonyl (C=O) groups is 1. The van der Waals surface area contributed by atoms with Crippen molar-refractivity contribution >= 4 is 34.6 Å². The molecular weight excluding hydrogens is 534 g/mol. The molecule has 2 aromatic heterocycles. The normalized spacial score (nSPS) is 16.8. The Kier molecular flexibility index (Phi) is 7.73. The summed E-state index contributed by atoms with van der Waals surface area (Å²) in [5, 5.41) is 7.09. The summed E-state index contributed by atoms with van der Waals surface area (Å²) in [6.45, 7) is 7.71. The van der Waals surface area contributed by atoms with Crippen molar-refractivity contribution in [3.8, 4) is 17.2 Å². The molecule has 1 amide bonds. The Labute approximate surface area is 246 Å². The van der Waals surface area contributed by atoms with Gasteiger partial charge in [-0.3, -0.25) is 9.78 Å². The summed E-state index contributed by atoms with van der Waals surface area (Å²) in [5.41, 5.74) is 4.90. The van der Waals surface area contributed by atoms with Gasteiger partial charge in [-0.15, -0.1) is 0 Å². The monoisotopic (exact) mass is 569 g/mol. The highest BCUT2D eigenvalue weighted by atomic mass is 32.1. The van der Waals surface area contributed by atoms with Crippen LogP contribution < -0.4 is 25.0 Å². The van der Waals surface area contributed by atoms with E-state index in [-0.39, 0.29) is 18.0 Å². The number of nitrogens with zero attached hydrogens (tertiary/aromatic N) is 3. The molecule has 9 heteroatoms. The summed E-state index contributed by atoms with van der Waals surface area (Å²) in [6.07, 6.45) is 1.79. The van der Waals surface area contributed by atoms with E-state index in [9.17, 15) is 4.79 Å². The molecule has 41 heavy (non-hydrogen) atoms. The van der Waals surface area contributed by atoms with Crippen LogP contribution in [0, 0.1) is 12.3 Å². The zero-order valence-electron chi connectivity index (χ0n) is 24.1. The Balaban J connectivity index is 1.63. The van der Waals surface area contributed by atoms with Crippen LogP contribution in [0.5, 0.6) is 11.5 Å². The maximum Gasteiger partial charge on any atom is 0.229 e. The molecule has 8 nitrogen and oxygen atoms in total. The zero-order valence-corrected chi connectivity index (χ0v) is 25.0.